The van der Waals surface area contributed by atoms with Crippen LogP contribution in [0, 0.1) is 5.82 Å². The van der Waals surface area contributed by atoms with Gasteiger partial charge in [-0.1, -0.05) is 24.3 Å². The molecular formula is C26H27F3N4O2. The van der Waals surface area contributed by atoms with Crippen molar-refractivity contribution in [2.75, 3.05) is 31.6 Å². The number of aliphatic hydroxyl groups is 1. The van der Waals surface area contributed by atoms with Crippen LogP contribution in [-0.2, 0) is 4.74 Å². The number of ether oxygens (including phenoxy) is 1. The van der Waals surface area contributed by atoms with Gasteiger partial charge in [0.1, 0.15) is 5.82 Å². The molecule has 2 N–H and O–H groups in total. The summed E-state index contributed by atoms with van der Waals surface area (Å²) in [4.78, 5) is 11.2. The van der Waals surface area contributed by atoms with Gasteiger partial charge >= 0.3 is 0 Å². The summed E-state index contributed by atoms with van der Waals surface area (Å²) in [5.41, 5.74) is 2.91. The molecule has 2 aliphatic heterocycles. The molecule has 0 aliphatic carbocycles. The van der Waals surface area contributed by atoms with Gasteiger partial charge in [0.2, 0.25) is 0 Å². The Balaban J connectivity index is 1.39. The maximum atomic E-state index is 14.7. The highest BCUT2D eigenvalue weighted by Crippen LogP contribution is 2.32. The quantitative estimate of drug-likeness (QED) is 0.527. The molecule has 4 heterocycles. The molecule has 0 amide bonds. The highest BCUT2D eigenvalue weighted by molar-refractivity contribution is 5.92. The van der Waals surface area contributed by atoms with Crippen molar-refractivity contribution in [1.29, 1.82) is 0 Å². The SMILES string of the molecule is C[C@@H](Nc1ccnc2cnc(C3=CCN(C4COCC4O)CC3)cc12)c1cccc(C(F)F)c1F. The number of nitrogens with one attached hydrogen (secondary N) is 1. The number of aliphatic hydroxyl groups excluding tert-OH is 1. The number of halogens is 3. The molecule has 0 bridgehead atoms. The number of anilines is 1. The highest BCUT2D eigenvalue weighted by atomic mass is 19.3. The van der Waals surface area contributed by atoms with Crippen molar-refractivity contribution in [3.63, 3.8) is 0 Å². The summed E-state index contributed by atoms with van der Waals surface area (Å²) in [5.74, 6) is -0.891. The summed E-state index contributed by atoms with van der Waals surface area (Å²) in [6, 6.07) is 7.28. The number of rotatable bonds is 6. The van der Waals surface area contributed by atoms with E-state index in [1.807, 2.05) is 6.07 Å². The minimum absolute atomic E-state index is 0.0165. The first-order chi connectivity index (χ1) is 16.9. The Kier molecular flexibility index (Phi) is 6.73. The molecular weight excluding hydrogens is 457 g/mol. The normalized spacial score (nSPS) is 21.9. The van der Waals surface area contributed by atoms with Crippen molar-refractivity contribution in [3.05, 3.63) is 71.4 Å². The minimum Gasteiger partial charge on any atom is -0.389 e. The first-order valence-corrected chi connectivity index (χ1v) is 11.7. The third kappa shape index (κ3) is 4.76. The number of hydrogen-bond donors (Lipinski definition) is 2. The molecule has 2 aliphatic rings. The number of nitrogens with zero attached hydrogens (tertiary/aromatic N) is 3. The lowest BCUT2D eigenvalue weighted by Crippen LogP contribution is -2.44. The van der Waals surface area contributed by atoms with Crippen molar-refractivity contribution in [2.45, 2.75) is 38.0 Å². The van der Waals surface area contributed by atoms with Crippen molar-refractivity contribution >= 4 is 22.2 Å². The Morgan fingerprint density at radius 1 is 1.17 bits per heavy atom. The molecule has 2 aromatic heterocycles. The largest absolute Gasteiger partial charge is 0.389 e. The van der Waals surface area contributed by atoms with Gasteiger partial charge in [-0.15, -0.1) is 0 Å². The predicted octanol–water partition coefficient (Wildman–Crippen LogP) is 4.73. The summed E-state index contributed by atoms with van der Waals surface area (Å²) >= 11 is 0. The molecule has 6 nitrogen and oxygen atoms in total. The Morgan fingerprint density at radius 2 is 2.00 bits per heavy atom. The maximum Gasteiger partial charge on any atom is 0.266 e. The van der Waals surface area contributed by atoms with E-state index in [9.17, 15) is 18.3 Å². The Morgan fingerprint density at radius 3 is 2.71 bits per heavy atom. The van der Waals surface area contributed by atoms with Crippen molar-refractivity contribution < 1.29 is 23.0 Å². The van der Waals surface area contributed by atoms with Gasteiger partial charge in [-0.05, 0) is 31.1 Å². The lowest BCUT2D eigenvalue weighted by atomic mass is 10.0. The van der Waals surface area contributed by atoms with Crippen LogP contribution in [0.15, 0.2) is 48.8 Å². The molecule has 0 saturated carbocycles. The first-order valence-electron chi connectivity index (χ1n) is 11.7. The lowest BCUT2D eigenvalue weighted by molar-refractivity contribution is 0.0880. The molecule has 35 heavy (non-hydrogen) atoms. The molecule has 3 atom stereocenters. The zero-order chi connectivity index (χ0) is 24.5. The first kappa shape index (κ1) is 23.7. The van der Waals surface area contributed by atoms with Gasteiger partial charge in [0.05, 0.1) is 54.4 Å². The topological polar surface area (TPSA) is 70.5 Å². The summed E-state index contributed by atoms with van der Waals surface area (Å²) in [6.07, 6.45) is 2.92. The smallest absolute Gasteiger partial charge is 0.266 e. The van der Waals surface area contributed by atoms with Gasteiger partial charge in [0.15, 0.2) is 0 Å². The van der Waals surface area contributed by atoms with E-state index in [2.05, 4.69) is 26.3 Å². The molecule has 2 unspecified atom stereocenters. The van der Waals surface area contributed by atoms with Gasteiger partial charge < -0.3 is 15.2 Å². The molecule has 0 radical (unpaired) electrons. The second-order valence-corrected chi connectivity index (χ2v) is 9.01. The highest BCUT2D eigenvalue weighted by Gasteiger charge is 2.32. The molecule has 1 fully saturated rings. The Labute approximate surface area is 201 Å². The minimum atomic E-state index is -2.87. The summed E-state index contributed by atoms with van der Waals surface area (Å²) in [6.45, 7) is 4.15. The number of hydrogen-bond acceptors (Lipinski definition) is 6. The molecule has 3 aromatic rings. The second kappa shape index (κ2) is 9.93. The fourth-order valence-corrected chi connectivity index (χ4v) is 4.83. The van der Waals surface area contributed by atoms with Crippen LogP contribution in [0.5, 0.6) is 0 Å². The van der Waals surface area contributed by atoms with Crippen molar-refractivity contribution in [1.82, 2.24) is 14.9 Å². The Bertz CT molecular complexity index is 1250. The van der Waals surface area contributed by atoms with E-state index >= 15 is 0 Å². The third-order valence-electron chi connectivity index (χ3n) is 6.82. The van der Waals surface area contributed by atoms with Gasteiger partial charge in [-0.3, -0.25) is 14.9 Å². The van der Waals surface area contributed by atoms with Crippen LogP contribution in [0.4, 0.5) is 18.9 Å². The zero-order valence-corrected chi connectivity index (χ0v) is 19.3. The number of fused-ring (bicyclic) bond motifs is 1. The van der Waals surface area contributed by atoms with Gasteiger partial charge in [0.25, 0.3) is 6.43 Å². The van der Waals surface area contributed by atoms with Crippen LogP contribution in [-0.4, -0.2) is 58.4 Å². The van der Waals surface area contributed by atoms with Crippen LogP contribution in [0.2, 0.25) is 0 Å². The van der Waals surface area contributed by atoms with E-state index < -0.39 is 30.0 Å². The third-order valence-corrected chi connectivity index (χ3v) is 6.82. The number of alkyl halides is 2. The zero-order valence-electron chi connectivity index (χ0n) is 19.3. The number of aromatic nitrogens is 2. The molecule has 184 valence electrons. The van der Waals surface area contributed by atoms with E-state index in [1.165, 1.54) is 12.1 Å². The predicted molar refractivity (Wildman–Crippen MR) is 128 cm³/mol. The van der Waals surface area contributed by atoms with Gasteiger partial charge in [0, 0.05) is 35.9 Å². The van der Waals surface area contributed by atoms with E-state index in [0.717, 1.165) is 41.4 Å². The second-order valence-electron chi connectivity index (χ2n) is 9.01. The maximum absolute atomic E-state index is 14.7. The fraction of sp³-hybridized carbons (Fsp3) is 0.385. The van der Waals surface area contributed by atoms with E-state index in [-0.39, 0.29) is 11.6 Å². The summed E-state index contributed by atoms with van der Waals surface area (Å²) in [5, 5.41) is 14.2. The van der Waals surface area contributed by atoms with Crippen molar-refractivity contribution in [3.8, 4) is 0 Å². The number of benzene rings is 1. The summed E-state index contributed by atoms with van der Waals surface area (Å²) < 4.78 is 46.4. The van der Waals surface area contributed by atoms with Gasteiger partial charge in [-0.25, -0.2) is 13.2 Å². The monoisotopic (exact) mass is 484 g/mol. The van der Waals surface area contributed by atoms with E-state index in [4.69, 9.17) is 4.74 Å². The number of pyridine rings is 2. The standard InChI is InChI=1S/C26H27F3N4O2/c1-15(17-3-2-4-18(25(17)27)26(28)29)32-20-5-8-30-22-12-31-21(11-19(20)22)16-6-9-33(10-7-16)23-13-35-14-24(23)34/h2-6,8,11-12,15,23-24,26,34H,7,9-10,13-14H2,1H3,(H,30,32)/t15-,23?,24?/m1/s1. The molecule has 1 saturated heterocycles. The van der Waals surface area contributed by atoms with Crippen molar-refractivity contribution in [2.24, 2.45) is 0 Å². The Hall–Kier alpha value is -3.01. The van der Waals surface area contributed by atoms with Crippen LogP contribution >= 0.6 is 0 Å². The van der Waals surface area contributed by atoms with E-state index in [0.29, 0.717) is 25.3 Å². The average Bonchev–Trinajstić information content (AvgIpc) is 3.29. The lowest BCUT2D eigenvalue weighted by Gasteiger charge is -2.32. The van der Waals surface area contributed by atoms with E-state index in [1.54, 1.807) is 25.4 Å². The van der Waals surface area contributed by atoms with Crippen LogP contribution in [0.1, 0.15) is 42.6 Å². The molecule has 9 heteroatoms. The fourth-order valence-electron chi connectivity index (χ4n) is 4.83. The van der Waals surface area contributed by atoms with Gasteiger partial charge in [-0.2, -0.15) is 0 Å². The van der Waals surface area contributed by atoms with Crippen LogP contribution < -0.4 is 5.32 Å². The molecule has 0 spiro atoms. The summed E-state index contributed by atoms with van der Waals surface area (Å²) in [7, 11) is 0. The molecule has 1 aromatic carbocycles. The van der Waals surface area contributed by atoms with Crippen LogP contribution in [0.3, 0.4) is 0 Å². The average molecular weight is 485 g/mol. The molecule has 5 rings (SSSR count). The van der Waals surface area contributed by atoms with Crippen LogP contribution in [0.25, 0.3) is 16.5 Å².